The van der Waals surface area contributed by atoms with Crippen LogP contribution in [0.1, 0.15) is 40.5 Å². The van der Waals surface area contributed by atoms with Crippen molar-refractivity contribution in [1.82, 2.24) is 4.98 Å². The summed E-state index contributed by atoms with van der Waals surface area (Å²) in [4.78, 5) is 16.1. The predicted molar refractivity (Wildman–Crippen MR) is 129 cm³/mol. The number of pyridine rings is 1. The lowest BCUT2D eigenvalue weighted by atomic mass is 9.90. The second kappa shape index (κ2) is 11.6. The third-order valence-corrected chi connectivity index (χ3v) is 7.00. The molecule has 0 atom stereocenters. The highest BCUT2D eigenvalue weighted by Crippen LogP contribution is 2.50. The lowest BCUT2D eigenvalue weighted by Gasteiger charge is -2.33. The molecule has 1 N–H and O–H groups in total. The molecule has 216 valence electrons. The molecule has 0 amide bonds. The van der Waals surface area contributed by atoms with Crippen LogP contribution in [0, 0.1) is 6.92 Å². The van der Waals surface area contributed by atoms with Gasteiger partial charge in [-0.15, -0.1) is 0 Å². The Balaban J connectivity index is 1.78. The van der Waals surface area contributed by atoms with Gasteiger partial charge in [-0.3, -0.25) is 8.98 Å². The summed E-state index contributed by atoms with van der Waals surface area (Å²) in [6.45, 7) is 2.56. The van der Waals surface area contributed by atoms with Gasteiger partial charge in [0.05, 0.1) is 11.1 Å². The molecule has 0 aliphatic rings. The lowest BCUT2D eigenvalue weighted by molar-refractivity contribution is -0.376. The minimum atomic E-state index is -6.04. The fourth-order valence-electron chi connectivity index (χ4n) is 3.57. The Labute approximate surface area is 225 Å². The van der Waals surface area contributed by atoms with Crippen LogP contribution in [0.2, 0.25) is 0 Å². The summed E-state index contributed by atoms with van der Waals surface area (Å²) >= 11 is 0. The number of Topliss-reactive ketones (excluding diaryl/α,β-unsaturated/α-hetero) is 1. The van der Waals surface area contributed by atoms with Crippen molar-refractivity contribution in [2.24, 2.45) is 0 Å². The van der Waals surface area contributed by atoms with Gasteiger partial charge in [-0.25, -0.2) is 4.98 Å². The molecule has 0 saturated heterocycles. The van der Waals surface area contributed by atoms with E-state index in [1.165, 1.54) is 24.3 Å². The summed E-state index contributed by atoms with van der Waals surface area (Å²) in [7, 11) is -4.20. The zero-order chi connectivity index (χ0) is 29.9. The summed E-state index contributed by atoms with van der Waals surface area (Å²) in [5.74, 6) is -0.890. The molecule has 0 aliphatic carbocycles. The average Bonchev–Trinajstić information content (AvgIpc) is 2.87. The first-order chi connectivity index (χ1) is 18.5. The normalized spacial score (nSPS) is 12.8. The van der Waals surface area contributed by atoms with Crippen LogP contribution in [0.3, 0.4) is 0 Å². The number of carbonyl (C=O) groups is 1. The van der Waals surface area contributed by atoms with Crippen molar-refractivity contribution in [2.75, 3.05) is 6.61 Å². The number of hydrogen-bond acceptors (Lipinski definition) is 7. The standard InChI is InChI=1S/C26H23F6NO6S/c1-3-4-17-13-18(24(35,25(27,28)29)26(30,31)32)7-12-23(17)39-19-8-11-21(33-14-19)22(34)15-38-40(36,37)20-9-5-16(2)6-10-20/h5-14,35H,3-4,15H2,1-2H3. The molecule has 0 aliphatic heterocycles. The fourth-order valence-corrected chi connectivity index (χ4v) is 4.44. The second-order valence-corrected chi connectivity index (χ2v) is 10.3. The van der Waals surface area contributed by atoms with Crippen molar-refractivity contribution in [3.8, 4) is 11.5 Å². The number of halogens is 6. The Morgan fingerprint density at radius 1 is 0.950 bits per heavy atom. The molecule has 0 radical (unpaired) electrons. The van der Waals surface area contributed by atoms with Gasteiger partial charge in [0.15, 0.2) is 0 Å². The maximum atomic E-state index is 13.3. The number of alkyl halides is 6. The SMILES string of the molecule is CCCc1cc(C(O)(C(F)(F)F)C(F)(F)F)ccc1Oc1ccc(C(=O)COS(=O)(=O)c2ccc(C)cc2)nc1. The van der Waals surface area contributed by atoms with E-state index >= 15 is 0 Å². The van der Waals surface area contributed by atoms with Crippen LogP contribution in [0.4, 0.5) is 26.3 Å². The maximum Gasteiger partial charge on any atom is 0.430 e. The second-order valence-electron chi connectivity index (χ2n) is 8.71. The summed E-state index contributed by atoms with van der Waals surface area (Å²) in [5, 5.41) is 9.70. The van der Waals surface area contributed by atoms with Gasteiger partial charge in [-0.2, -0.15) is 34.8 Å². The lowest BCUT2D eigenvalue weighted by Crippen LogP contribution is -2.53. The van der Waals surface area contributed by atoms with Crippen LogP contribution in [0.25, 0.3) is 0 Å². The minimum Gasteiger partial charge on any atom is -0.455 e. The van der Waals surface area contributed by atoms with E-state index in [1.54, 1.807) is 26.0 Å². The summed E-state index contributed by atoms with van der Waals surface area (Å²) in [6.07, 6.45) is -10.7. The topological polar surface area (TPSA) is 103 Å². The highest BCUT2D eigenvalue weighted by Gasteiger charge is 2.71. The van der Waals surface area contributed by atoms with Crippen molar-refractivity contribution in [3.63, 3.8) is 0 Å². The third-order valence-electron chi connectivity index (χ3n) is 5.72. The Morgan fingerprint density at radius 2 is 1.57 bits per heavy atom. The van der Waals surface area contributed by atoms with Crippen LogP contribution in [-0.2, 0) is 26.3 Å². The summed E-state index contributed by atoms with van der Waals surface area (Å²) in [5.41, 5.74) is -5.90. The van der Waals surface area contributed by atoms with Crippen LogP contribution >= 0.6 is 0 Å². The molecule has 3 aromatic rings. The first-order valence-electron chi connectivity index (χ1n) is 11.6. The number of benzene rings is 2. The van der Waals surface area contributed by atoms with E-state index in [0.29, 0.717) is 18.6 Å². The zero-order valence-corrected chi connectivity index (χ0v) is 21.8. The maximum absolute atomic E-state index is 13.3. The molecule has 2 aromatic carbocycles. The predicted octanol–water partition coefficient (Wildman–Crippen LogP) is 6.04. The van der Waals surface area contributed by atoms with Gasteiger partial charge < -0.3 is 9.84 Å². The van der Waals surface area contributed by atoms with Crippen molar-refractivity contribution in [1.29, 1.82) is 0 Å². The molecule has 0 saturated carbocycles. The Hall–Kier alpha value is -3.49. The summed E-state index contributed by atoms with van der Waals surface area (Å²) in [6, 6.07) is 10.1. The number of aromatic nitrogens is 1. The Kier molecular flexibility index (Phi) is 8.96. The van der Waals surface area contributed by atoms with Crippen molar-refractivity contribution >= 4 is 15.9 Å². The molecule has 7 nitrogen and oxygen atoms in total. The number of carbonyl (C=O) groups excluding carboxylic acids is 1. The van der Waals surface area contributed by atoms with Crippen LogP contribution in [-0.4, -0.2) is 43.3 Å². The molecule has 3 rings (SSSR count). The molecule has 14 heteroatoms. The van der Waals surface area contributed by atoms with E-state index in [-0.39, 0.29) is 34.1 Å². The van der Waals surface area contributed by atoms with E-state index in [4.69, 9.17) is 8.92 Å². The quantitative estimate of drug-likeness (QED) is 0.174. The smallest absolute Gasteiger partial charge is 0.430 e. The first kappa shape index (κ1) is 31.0. The van der Waals surface area contributed by atoms with Gasteiger partial charge in [-0.05, 0) is 55.3 Å². The van der Waals surface area contributed by atoms with E-state index in [9.17, 15) is 44.7 Å². The van der Waals surface area contributed by atoms with E-state index in [0.717, 1.165) is 17.8 Å². The van der Waals surface area contributed by atoms with Crippen molar-refractivity contribution in [3.05, 3.63) is 83.2 Å². The molecule has 40 heavy (non-hydrogen) atoms. The number of rotatable bonds is 10. The number of ether oxygens (including phenoxy) is 1. The molecular formula is C26H23F6NO6S. The molecule has 0 fully saturated rings. The van der Waals surface area contributed by atoms with Gasteiger partial charge in [0.1, 0.15) is 23.8 Å². The van der Waals surface area contributed by atoms with Gasteiger partial charge in [0.2, 0.25) is 5.78 Å². The van der Waals surface area contributed by atoms with Gasteiger partial charge in [-0.1, -0.05) is 37.1 Å². The van der Waals surface area contributed by atoms with E-state index < -0.39 is 46.0 Å². The largest absolute Gasteiger partial charge is 0.455 e. The number of aliphatic hydroxyl groups is 1. The van der Waals surface area contributed by atoms with Crippen LogP contribution in [0.5, 0.6) is 11.5 Å². The highest BCUT2D eigenvalue weighted by molar-refractivity contribution is 7.86. The van der Waals surface area contributed by atoms with Crippen LogP contribution < -0.4 is 4.74 Å². The third kappa shape index (κ3) is 6.62. The Morgan fingerprint density at radius 3 is 2.10 bits per heavy atom. The number of ketones is 1. The van der Waals surface area contributed by atoms with Crippen molar-refractivity contribution in [2.45, 2.75) is 49.5 Å². The number of hydrogen-bond donors (Lipinski definition) is 1. The summed E-state index contributed by atoms with van der Waals surface area (Å²) < 4.78 is 115. The fraction of sp³-hybridized carbons (Fsp3) is 0.308. The zero-order valence-electron chi connectivity index (χ0n) is 21.0. The van der Waals surface area contributed by atoms with Gasteiger partial charge in [0, 0.05) is 5.56 Å². The van der Waals surface area contributed by atoms with E-state index in [1.807, 2.05) is 0 Å². The average molecular weight is 592 g/mol. The number of nitrogens with zero attached hydrogens (tertiary/aromatic N) is 1. The molecule has 0 unspecified atom stereocenters. The molecule has 1 heterocycles. The van der Waals surface area contributed by atoms with E-state index in [2.05, 4.69) is 4.98 Å². The Bertz CT molecular complexity index is 1440. The van der Waals surface area contributed by atoms with Crippen molar-refractivity contribution < 1.29 is 53.6 Å². The van der Waals surface area contributed by atoms with Gasteiger partial charge >= 0.3 is 12.4 Å². The van der Waals surface area contributed by atoms with Gasteiger partial charge in [0.25, 0.3) is 15.7 Å². The molecule has 1 aromatic heterocycles. The molecule has 0 bridgehead atoms. The first-order valence-corrected chi connectivity index (χ1v) is 13.0. The molecular weight excluding hydrogens is 568 g/mol. The van der Waals surface area contributed by atoms with Crippen LogP contribution in [0.15, 0.2) is 65.7 Å². The monoisotopic (exact) mass is 591 g/mol. The highest BCUT2D eigenvalue weighted by atomic mass is 32.2. The number of aryl methyl sites for hydroxylation is 2. The molecule has 0 spiro atoms. The minimum absolute atomic E-state index is 0.0169.